The standard InChI is InChI=1S/C13H17NO3/c1-9(2)3-8-12(15)14-11-6-4-10(5-7-11)13(16)17/h4-7,9H,3,8H2,1-2H3,(H,14,15)(H,16,17). The van der Waals surface area contributed by atoms with Crippen LogP contribution in [0.4, 0.5) is 5.69 Å². The zero-order valence-electron chi connectivity index (χ0n) is 10.1. The number of hydrogen-bond acceptors (Lipinski definition) is 2. The average molecular weight is 235 g/mol. The summed E-state index contributed by atoms with van der Waals surface area (Å²) in [5.41, 5.74) is 0.842. The maximum absolute atomic E-state index is 11.5. The fraction of sp³-hybridized carbons (Fsp3) is 0.385. The van der Waals surface area contributed by atoms with E-state index in [1.807, 2.05) is 0 Å². The van der Waals surface area contributed by atoms with E-state index in [4.69, 9.17) is 5.11 Å². The van der Waals surface area contributed by atoms with E-state index in [0.717, 1.165) is 6.42 Å². The molecule has 1 rings (SSSR count). The van der Waals surface area contributed by atoms with Crippen LogP contribution < -0.4 is 5.32 Å². The summed E-state index contributed by atoms with van der Waals surface area (Å²) in [7, 11) is 0. The highest BCUT2D eigenvalue weighted by atomic mass is 16.4. The molecule has 0 aliphatic heterocycles. The van der Waals surface area contributed by atoms with Crippen molar-refractivity contribution in [3.63, 3.8) is 0 Å². The van der Waals surface area contributed by atoms with E-state index >= 15 is 0 Å². The minimum atomic E-state index is -0.970. The Morgan fingerprint density at radius 2 is 1.82 bits per heavy atom. The molecule has 0 spiro atoms. The summed E-state index contributed by atoms with van der Waals surface area (Å²) in [5.74, 6) is -0.514. The van der Waals surface area contributed by atoms with Gasteiger partial charge in [-0.3, -0.25) is 4.79 Å². The fourth-order valence-electron chi connectivity index (χ4n) is 1.34. The molecule has 0 radical (unpaired) electrons. The van der Waals surface area contributed by atoms with Crippen LogP contribution in [0.3, 0.4) is 0 Å². The molecule has 0 aromatic heterocycles. The molecule has 0 saturated carbocycles. The molecule has 92 valence electrons. The molecule has 0 heterocycles. The lowest BCUT2D eigenvalue weighted by Crippen LogP contribution is -2.12. The van der Waals surface area contributed by atoms with Crippen molar-refractivity contribution in [3.05, 3.63) is 29.8 Å². The third-order valence-corrected chi connectivity index (χ3v) is 2.36. The summed E-state index contributed by atoms with van der Waals surface area (Å²) in [6.07, 6.45) is 1.33. The summed E-state index contributed by atoms with van der Waals surface area (Å²) in [4.78, 5) is 22.1. The van der Waals surface area contributed by atoms with Gasteiger partial charge in [0.1, 0.15) is 0 Å². The van der Waals surface area contributed by atoms with Gasteiger partial charge in [-0.05, 0) is 36.6 Å². The van der Waals surface area contributed by atoms with Crippen LogP contribution >= 0.6 is 0 Å². The van der Waals surface area contributed by atoms with Gasteiger partial charge in [0.25, 0.3) is 0 Å². The number of carboxylic acid groups (broad SMARTS) is 1. The summed E-state index contributed by atoms with van der Waals surface area (Å²) < 4.78 is 0. The number of aromatic carboxylic acids is 1. The topological polar surface area (TPSA) is 66.4 Å². The van der Waals surface area contributed by atoms with Crippen LogP contribution in [0.25, 0.3) is 0 Å². The Bertz CT molecular complexity index is 396. The van der Waals surface area contributed by atoms with Gasteiger partial charge in [-0.1, -0.05) is 13.8 Å². The van der Waals surface area contributed by atoms with Crippen LogP contribution in [-0.2, 0) is 4.79 Å². The lowest BCUT2D eigenvalue weighted by molar-refractivity contribution is -0.116. The van der Waals surface area contributed by atoms with E-state index in [2.05, 4.69) is 19.2 Å². The Balaban J connectivity index is 2.51. The molecule has 1 aromatic carbocycles. The van der Waals surface area contributed by atoms with Crippen molar-refractivity contribution in [3.8, 4) is 0 Å². The zero-order chi connectivity index (χ0) is 12.8. The monoisotopic (exact) mass is 235 g/mol. The van der Waals surface area contributed by atoms with E-state index < -0.39 is 5.97 Å². The fourth-order valence-corrected chi connectivity index (χ4v) is 1.34. The van der Waals surface area contributed by atoms with Gasteiger partial charge in [-0.25, -0.2) is 4.79 Å². The van der Waals surface area contributed by atoms with Gasteiger partial charge in [0.2, 0.25) is 5.91 Å². The average Bonchev–Trinajstić information content (AvgIpc) is 2.27. The van der Waals surface area contributed by atoms with Crippen LogP contribution in [0.5, 0.6) is 0 Å². The van der Waals surface area contributed by atoms with E-state index in [1.54, 1.807) is 12.1 Å². The number of anilines is 1. The van der Waals surface area contributed by atoms with Crippen LogP contribution in [0, 0.1) is 5.92 Å². The zero-order valence-corrected chi connectivity index (χ0v) is 10.1. The Morgan fingerprint density at radius 3 is 2.29 bits per heavy atom. The minimum Gasteiger partial charge on any atom is -0.478 e. The molecule has 0 unspecified atom stereocenters. The lowest BCUT2D eigenvalue weighted by atomic mass is 10.1. The summed E-state index contributed by atoms with van der Waals surface area (Å²) in [6.45, 7) is 4.13. The highest BCUT2D eigenvalue weighted by Crippen LogP contribution is 2.11. The molecule has 4 heteroatoms. The quantitative estimate of drug-likeness (QED) is 0.824. The molecule has 0 aliphatic rings. The molecule has 1 amide bonds. The Hall–Kier alpha value is -1.84. The Morgan fingerprint density at radius 1 is 1.24 bits per heavy atom. The maximum Gasteiger partial charge on any atom is 0.335 e. The van der Waals surface area contributed by atoms with E-state index in [9.17, 15) is 9.59 Å². The third kappa shape index (κ3) is 4.68. The number of amides is 1. The van der Waals surface area contributed by atoms with E-state index in [-0.39, 0.29) is 11.5 Å². The molecule has 2 N–H and O–H groups in total. The summed E-state index contributed by atoms with van der Waals surface area (Å²) in [5, 5.41) is 11.4. The second kappa shape index (κ2) is 6.03. The van der Waals surface area contributed by atoms with Gasteiger partial charge >= 0.3 is 5.97 Å². The first kappa shape index (κ1) is 13.2. The van der Waals surface area contributed by atoms with Crippen LogP contribution in [0.1, 0.15) is 37.0 Å². The first-order chi connectivity index (χ1) is 7.99. The lowest BCUT2D eigenvalue weighted by Gasteiger charge is -2.06. The Labute approximate surface area is 101 Å². The highest BCUT2D eigenvalue weighted by molar-refractivity contribution is 5.92. The smallest absolute Gasteiger partial charge is 0.335 e. The first-order valence-corrected chi connectivity index (χ1v) is 5.62. The molecule has 17 heavy (non-hydrogen) atoms. The molecule has 4 nitrogen and oxygen atoms in total. The SMILES string of the molecule is CC(C)CCC(=O)Nc1ccc(C(=O)O)cc1. The highest BCUT2D eigenvalue weighted by Gasteiger charge is 2.05. The molecule has 0 aliphatic carbocycles. The molecule has 0 fully saturated rings. The van der Waals surface area contributed by atoms with Gasteiger partial charge in [-0.15, -0.1) is 0 Å². The predicted molar refractivity (Wildman–Crippen MR) is 66.1 cm³/mol. The van der Waals surface area contributed by atoms with Crippen molar-refractivity contribution < 1.29 is 14.7 Å². The van der Waals surface area contributed by atoms with Crippen LogP contribution in [0.15, 0.2) is 24.3 Å². The molecule has 1 aromatic rings. The number of carbonyl (C=O) groups excluding carboxylic acids is 1. The van der Waals surface area contributed by atoms with Crippen molar-refractivity contribution in [1.82, 2.24) is 0 Å². The number of benzene rings is 1. The van der Waals surface area contributed by atoms with Gasteiger partial charge < -0.3 is 10.4 Å². The van der Waals surface area contributed by atoms with Gasteiger partial charge in [0, 0.05) is 12.1 Å². The second-order valence-electron chi connectivity index (χ2n) is 4.36. The molecule has 0 atom stereocenters. The Kier molecular flexibility index (Phi) is 4.69. The third-order valence-electron chi connectivity index (χ3n) is 2.36. The molecular weight excluding hydrogens is 218 g/mol. The van der Waals surface area contributed by atoms with Gasteiger partial charge in [-0.2, -0.15) is 0 Å². The molecule has 0 saturated heterocycles. The molecule has 0 bridgehead atoms. The number of rotatable bonds is 5. The van der Waals surface area contributed by atoms with Gasteiger partial charge in [0.05, 0.1) is 5.56 Å². The van der Waals surface area contributed by atoms with Gasteiger partial charge in [0.15, 0.2) is 0 Å². The number of nitrogens with one attached hydrogen (secondary N) is 1. The van der Waals surface area contributed by atoms with Crippen molar-refractivity contribution in [2.24, 2.45) is 5.92 Å². The predicted octanol–water partition coefficient (Wildman–Crippen LogP) is 2.76. The van der Waals surface area contributed by atoms with E-state index in [1.165, 1.54) is 12.1 Å². The normalized spacial score (nSPS) is 10.3. The van der Waals surface area contributed by atoms with Crippen LogP contribution in [0.2, 0.25) is 0 Å². The first-order valence-electron chi connectivity index (χ1n) is 5.62. The van der Waals surface area contributed by atoms with Crippen molar-refractivity contribution in [1.29, 1.82) is 0 Å². The second-order valence-corrected chi connectivity index (χ2v) is 4.36. The van der Waals surface area contributed by atoms with Crippen LogP contribution in [-0.4, -0.2) is 17.0 Å². The molecular formula is C13H17NO3. The number of carboxylic acids is 1. The largest absolute Gasteiger partial charge is 0.478 e. The van der Waals surface area contributed by atoms with E-state index in [0.29, 0.717) is 18.0 Å². The number of carbonyl (C=O) groups is 2. The van der Waals surface area contributed by atoms with Crippen molar-refractivity contribution in [2.75, 3.05) is 5.32 Å². The van der Waals surface area contributed by atoms with Crippen molar-refractivity contribution in [2.45, 2.75) is 26.7 Å². The minimum absolute atomic E-state index is 0.0400. The number of hydrogen-bond donors (Lipinski definition) is 2. The summed E-state index contributed by atoms with van der Waals surface area (Å²) >= 11 is 0. The van der Waals surface area contributed by atoms with Crippen molar-refractivity contribution >= 4 is 17.6 Å². The summed E-state index contributed by atoms with van der Waals surface area (Å²) in [6, 6.07) is 6.13. The maximum atomic E-state index is 11.5.